The molecule has 8 heteroatoms. The van der Waals surface area contributed by atoms with Crippen molar-refractivity contribution >= 4 is 21.4 Å². The second-order valence-corrected chi connectivity index (χ2v) is 7.13. The molecule has 0 radical (unpaired) electrons. The van der Waals surface area contributed by atoms with Gasteiger partial charge in [-0.1, -0.05) is 12.1 Å². The highest BCUT2D eigenvalue weighted by Gasteiger charge is 2.32. The van der Waals surface area contributed by atoms with Gasteiger partial charge < -0.3 is 5.32 Å². The number of hydrogen-bond donors (Lipinski definition) is 1. The van der Waals surface area contributed by atoms with Crippen molar-refractivity contribution in [2.45, 2.75) is 19.5 Å². The summed E-state index contributed by atoms with van der Waals surface area (Å²) in [5.74, 6) is -1.12. The zero-order valence-corrected chi connectivity index (χ0v) is 12.5. The molecule has 1 atom stereocenters. The van der Waals surface area contributed by atoms with Gasteiger partial charge in [-0.3, -0.25) is 4.79 Å². The minimum absolute atomic E-state index is 0.0350. The molecular weight excluding hydrogens is 319 g/mol. The molecule has 1 aromatic carbocycles. The molecule has 1 amide bonds. The smallest absolute Gasteiger partial charge is 0.326 e. The number of nitrogens with one attached hydrogen (secondary N) is 1. The zero-order chi connectivity index (χ0) is 16.5. The Labute approximate surface area is 125 Å². The lowest BCUT2D eigenvalue weighted by molar-refractivity contribution is -0.138. The van der Waals surface area contributed by atoms with Crippen LogP contribution in [0.25, 0.3) is 0 Å². The number of aryl methyl sites for hydroxylation is 1. The Morgan fingerprint density at radius 2 is 2.05 bits per heavy atom. The Morgan fingerprint density at radius 1 is 1.36 bits per heavy atom. The highest BCUT2D eigenvalue weighted by Crippen LogP contribution is 2.33. The SMILES string of the molecule is Cc1ccc(NC(=O)CC2C=CS(=O)(=O)C2)cc1C(F)(F)F. The molecule has 0 fully saturated rings. The fraction of sp³-hybridized carbons (Fsp3) is 0.357. The van der Waals surface area contributed by atoms with Gasteiger partial charge in [-0.15, -0.1) is 0 Å². The molecule has 1 heterocycles. The van der Waals surface area contributed by atoms with Crippen LogP contribution in [0.2, 0.25) is 0 Å². The van der Waals surface area contributed by atoms with Gasteiger partial charge in [-0.25, -0.2) is 8.42 Å². The van der Waals surface area contributed by atoms with E-state index in [1.54, 1.807) is 0 Å². The predicted molar refractivity (Wildman–Crippen MR) is 75.8 cm³/mol. The van der Waals surface area contributed by atoms with Crippen LogP contribution in [0.5, 0.6) is 0 Å². The molecule has 120 valence electrons. The normalized spacial score (nSPS) is 20.1. The molecule has 1 N–H and O–H groups in total. The Kier molecular flexibility index (Phi) is 4.32. The standard InChI is InChI=1S/C14H14F3NO3S/c1-9-2-3-11(7-12(9)14(15,16)17)18-13(19)6-10-4-5-22(20,21)8-10/h2-5,7,10H,6,8H2,1H3,(H,18,19). The number of benzene rings is 1. The molecule has 1 aliphatic rings. The predicted octanol–water partition coefficient (Wildman–Crippen LogP) is 2.90. The van der Waals surface area contributed by atoms with E-state index in [9.17, 15) is 26.4 Å². The van der Waals surface area contributed by atoms with E-state index in [4.69, 9.17) is 0 Å². The number of alkyl halides is 3. The van der Waals surface area contributed by atoms with Gasteiger partial charge in [-0.2, -0.15) is 13.2 Å². The summed E-state index contributed by atoms with van der Waals surface area (Å²) in [5, 5.41) is 3.42. The van der Waals surface area contributed by atoms with Gasteiger partial charge in [0, 0.05) is 23.4 Å². The van der Waals surface area contributed by atoms with Crippen LogP contribution in [-0.4, -0.2) is 20.1 Å². The number of sulfone groups is 1. The summed E-state index contributed by atoms with van der Waals surface area (Å²) in [5.41, 5.74) is -0.711. The molecule has 0 aromatic heterocycles. The van der Waals surface area contributed by atoms with Crippen LogP contribution in [0.15, 0.2) is 29.7 Å². The largest absolute Gasteiger partial charge is 0.416 e. The van der Waals surface area contributed by atoms with Crippen molar-refractivity contribution in [1.29, 1.82) is 0 Å². The zero-order valence-electron chi connectivity index (χ0n) is 11.6. The van der Waals surface area contributed by atoms with E-state index in [2.05, 4.69) is 5.32 Å². The van der Waals surface area contributed by atoms with Crippen LogP contribution in [0, 0.1) is 12.8 Å². The molecule has 0 saturated carbocycles. The second kappa shape index (κ2) is 5.75. The van der Waals surface area contributed by atoms with Crippen LogP contribution < -0.4 is 5.32 Å². The van der Waals surface area contributed by atoms with Crippen LogP contribution in [-0.2, 0) is 20.8 Å². The number of amides is 1. The van der Waals surface area contributed by atoms with Crippen molar-refractivity contribution in [1.82, 2.24) is 0 Å². The molecule has 0 saturated heterocycles. The van der Waals surface area contributed by atoms with Crippen molar-refractivity contribution in [2.75, 3.05) is 11.1 Å². The van der Waals surface area contributed by atoms with Crippen LogP contribution in [0.3, 0.4) is 0 Å². The maximum atomic E-state index is 12.8. The molecule has 1 aromatic rings. The molecule has 0 aliphatic carbocycles. The van der Waals surface area contributed by atoms with Crippen molar-refractivity contribution in [2.24, 2.45) is 5.92 Å². The Balaban J connectivity index is 2.05. The topological polar surface area (TPSA) is 63.2 Å². The number of allylic oxidation sites excluding steroid dienone is 1. The number of anilines is 1. The Bertz CT molecular complexity index is 723. The quantitative estimate of drug-likeness (QED) is 0.925. The van der Waals surface area contributed by atoms with E-state index in [1.807, 2.05) is 0 Å². The lowest BCUT2D eigenvalue weighted by Crippen LogP contribution is -2.18. The second-order valence-electron chi connectivity index (χ2n) is 5.20. The monoisotopic (exact) mass is 333 g/mol. The summed E-state index contributed by atoms with van der Waals surface area (Å²) in [4.78, 5) is 11.8. The van der Waals surface area contributed by atoms with Crippen LogP contribution >= 0.6 is 0 Å². The molecule has 1 aliphatic heterocycles. The molecule has 0 bridgehead atoms. The first kappa shape index (κ1) is 16.5. The minimum Gasteiger partial charge on any atom is -0.326 e. The number of carbonyl (C=O) groups is 1. The van der Waals surface area contributed by atoms with Gasteiger partial charge in [0.15, 0.2) is 9.84 Å². The molecule has 22 heavy (non-hydrogen) atoms. The maximum absolute atomic E-state index is 12.8. The third-order valence-corrected chi connectivity index (χ3v) is 4.74. The summed E-state index contributed by atoms with van der Waals surface area (Å²) in [7, 11) is -3.25. The van der Waals surface area contributed by atoms with Crippen molar-refractivity contribution in [3.05, 3.63) is 40.8 Å². The van der Waals surface area contributed by atoms with Gasteiger partial charge >= 0.3 is 6.18 Å². The van der Waals surface area contributed by atoms with E-state index in [0.717, 1.165) is 11.5 Å². The fourth-order valence-electron chi connectivity index (χ4n) is 2.22. The lowest BCUT2D eigenvalue weighted by atomic mass is 10.1. The summed E-state index contributed by atoms with van der Waals surface area (Å²) in [6.07, 6.45) is -3.16. The van der Waals surface area contributed by atoms with Crippen LogP contribution in [0.1, 0.15) is 17.5 Å². The van der Waals surface area contributed by atoms with Gasteiger partial charge in [0.05, 0.1) is 11.3 Å². The number of halogens is 3. The van der Waals surface area contributed by atoms with E-state index in [0.29, 0.717) is 0 Å². The average Bonchev–Trinajstić information content (AvgIpc) is 2.69. The first-order valence-electron chi connectivity index (χ1n) is 6.45. The van der Waals surface area contributed by atoms with Crippen molar-refractivity contribution in [3.63, 3.8) is 0 Å². The average molecular weight is 333 g/mol. The van der Waals surface area contributed by atoms with Gasteiger partial charge in [-0.05, 0) is 24.6 Å². The Morgan fingerprint density at radius 3 is 2.59 bits per heavy atom. The number of rotatable bonds is 3. The van der Waals surface area contributed by atoms with Gasteiger partial charge in [0.1, 0.15) is 0 Å². The van der Waals surface area contributed by atoms with Gasteiger partial charge in [0.25, 0.3) is 0 Å². The maximum Gasteiger partial charge on any atom is 0.416 e. The summed E-state index contributed by atoms with van der Waals surface area (Å²) < 4.78 is 60.8. The molecule has 4 nitrogen and oxygen atoms in total. The lowest BCUT2D eigenvalue weighted by Gasteiger charge is -2.13. The third kappa shape index (κ3) is 4.09. The highest BCUT2D eigenvalue weighted by atomic mass is 32.2. The first-order valence-corrected chi connectivity index (χ1v) is 8.17. The van der Waals surface area contributed by atoms with E-state index in [-0.39, 0.29) is 23.4 Å². The first-order chi connectivity index (χ1) is 10.1. The minimum atomic E-state index is -4.49. The van der Waals surface area contributed by atoms with E-state index >= 15 is 0 Å². The fourth-order valence-corrected chi connectivity index (χ4v) is 3.62. The third-order valence-electron chi connectivity index (χ3n) is 3.28. The van der Waals surface area contributed by atoms with Crippen LogP contribution in [0.4, 0.5) is 18.9 Å². The van der Waals surface area contributed by atoms with Crippen molar-refractivity contribution < 1.29 is 26.4 Å². The van der Waals surface area contributed by atoms with E-state index in [1.165, 1.54) is 25.1 Å². The molecule has 1 unspecified atom stereocenters. The molecule has 0 spiro atoms. The van der Waals surface area contributed by atoms with Gasteiger partial charge in [0.2, 0.25) is 5.91 Å². The number of hydrogen-bond acceptors (Lipinski definition) is 3. The molecular formula is C14H14F3NO3S. The highest BCUT2D eigenvalue weighted by molar-refractivity contribution is 7.94. The summed E-state index contributed by atoms with van der Waals surface area (Å²) in [6, 6.07) is 3.52. The summed E-state index contributed by atoms with van der Waals surface area (Å²) in [6.45, 7) is 1.34. The molecule has 2 rings (SSSR count). The van der Waals surface area contributed by atoms with Crippen molar-refractivity contribution in [3.8, 4) is 0 Å². The Hall–Kier alpha value is -1.83. The van der Waals surface area contributed by atoms with E-state index < -0.39 is 33.4 Å². The number of carbonyl (C=O) groups excluding carboxylic acids is 1. The summed E-state index contributed by atoms with van der Waals surface area (Å²) >= 11 is 0.